The molecule has 0 fully saturated rings. The number of anilines is 1. The second kappa shape index (κ2) is 10.0. The maximum atomic E-state index is 13.1. The quantitative estimate of drug-likeness (QED) is 0.471. The summed E-state index contributed by atoms with van der Waals surface area (Å²) in [6.07, 6.45) is 9.17. The number of urea groups is 1. The Morgan fingerprint density at radius 2 is 1.94 bits per heavy atom. The Bertz CT molecular complexity index is 1130. The van der Waals surface area contributed by atoms with Crippen LogP contribution in [0.15, 0.2) is 35.0 Å². The van der Waals surface area contributed by atoms with Crippen LogP contribution in [-0.4, -0.2) is 41.8 Å². The van der Waals surface area contributed by atoms with Crippen LogP contribution >= 0.6 is 23.1 Å². The van der Waals surface area contributed by atoms with Crippen LogP contribution in [0, 0.1) is 5.92 Å². The Hall–Kier alpha value is -2.23. The predicted octanol–water partition coefficient (Wildman–Crippen LogP) is 5.31. The number of carbonyl (C=O) groups excluding carboxylic acids is 2. The molecule has 188 valence electrons. The van der Waals surface area contributed by atoms with Crippen LogP contribution < -0.4 is 16.0 Å². The molecule has 5 rings (SSSR count). The minimum atomic E-state index is -0.589. The molecule has 2 atom stereocenters. The maximum absolute atomic E-state index is 13.1. The number of ether oxygens (including phenoxy) is 1. The van der Waals surface area contributed by atoms with Crippen molar-refractivity contribution in [3.05, 3.63) is 51.0 Å². The lowest BCUT2D eigenvalue weighted by Crippen LogP contribution is -2.36. The molecule has 7 nitrogen and oxygen atoms in total. The number of carbonyl (C=O) groups is 2. The summed E-state index contributed by atoms with van der Waals surface area (Å²) < 4.78 is 7.94. The Kier molecular flexibility index (Phi) is 7.01. The number of nitrogens with one attached hydrogen (secondary N) is 3. The van der Waals surface area contributed by atoms with Gasteiger partial charge in [-0.05, 0) is 77.1 Å². The highest BCUT2D eigenvalue weighted by Crippen LogP contribution is 2.50. The number of aromatic nitrogens is 1. The number of hydrogen-bond donors (Lipinski definition) is 3. The lowest BCUT2D eigenvalue weighted by molar-refractivity contribution is 0.00699. The van der Waals surface area contributed by atoms with Gasteiger partial charge in [-0.3, -0.25) is 5.32 Å². The second-order valence-corrected chi connectivity index (χ2v) is 12.7. The lowest BCUT2D eigenvalue weighted by Gasteiger charge is -2.24. The zero-order chi connectivity index (χ0) is 24.6. The van der Waals surface area contributed by atoms with Crippen molar-refractivity contribution in [2.45, 2.75) is 63.9 Å². The molecule has 0 spiro atoms. The number of esters is 1. The third kappa shape index (κ3) is 5.32. The Labute approximate surface area is 215 Å². The van der Waals surface area contributed by atoms with Crippen LogP contribution in [0.1, 0.15) is 66.2 Å². The van der Waals surface area contributed by atoms with Crippen molar-refractivity contribution in [1.29, 1.82) is 0 Å². The molecule has 0 saturated heterocycles. The normalized spacial score (nSPS) is 21.9. The monoisotopic (exact) mass is 514 g/mol. The van der Waals surface area contributed by atoms with E-state index >= 15 is 0 Å². The van der Waals surface area contributed by atoms with Crippen LogP contribution in [0.2, 0.25) is 0 Å². The standard InChI is InChI=1S/C26H34N4O3S2/c1-26(2,3)33-24(31)21-17-8-4-5-9-19(17)34-22(21)29-25(32)28-14-18-16-10-11-27-15-20(16)35-23(18)30-12-6-7-13-30/h6-7,12-13,18,23,27H,4-5,8-11,14-15H2,1-3H3,(H2,28,29,32). The third-order valence-electron chi connectivity index (χ3n) is 6.67. The first kappa shape index (κ1) is 24.5. The van der Waals surface area contributed by atoms with Gasteiger partial charge in [-0.1, -0.05) is 5.57 Å². The molecule has 4 heterocycles. The van der Waals surface area contributed by atoms with E-state index in [-0.39, 0.29) is 23.3 Å². The molecular formula is C26H34N4O3S2. The van der Waals surface area contributed by atoms with Crippen molar-refractivity contribution in [3.63, 3.8) is 0 Å². The number of hydrogen-bond acceptors (Lipinski definition) is 6. The highest BCUT2D eigenvalue weighted by molar-refractivity contribution is 8.03. The summed E-state index contributed by atoms with van der Waals surface area (Å²) >= 11 is 3.42. The molecule has 2 unspecified atom stereocenters. The van der Waals surface area contributed by atoms with Gasteiger partial charge < -0.3 is 19.9 Å². The molecule has 35 heavy (non-hydrogen) atoms. The largest absolute Gasteiger partial charge is 0.456 e. The predicted molar refractivity (Wildman–Crippen MR) is 142 cm³/mol. The lowest BCUT2D eigenvalue weighted by atomic mass is 9.93. The van der Waals surface area contributed by atoms with E-state index in [9.17, 15) is 9.59 Å². The first-order valence-corrected chi connectivity index (χ1v) is 14.1. The maximum Gasteiger partial charge on any atom is 0.341 e. The molecule has 0 aromatic carbocycles. The van der Waals surface area contributed by atoms with Crippen LogP contribution in [0.4, 0.5) is 9.80 Å². The van der Waals surface area contributed by atoms with Gasteiger partial charge >= 0.3 is 12.0 Å². The molecule has 2 amide bonds. The van der Waals surface area contributed by atoms with Gasteiger partial charge in [0, 0.05) is 41.2 Å². The summed E-state index contributed by atoms with van der Waals surface area (Å²) in [5.74, 6) is -0.117. The number of aryl methyl sites for hydroxylation is 1. The number of fused-ring (bicyclic) bond motifs is 1. The fraction of sp³-hybridized carbons (Fsp3) is 0.538. The van der Waals surface area contributed by atoms with Crippen LogP contribution in [0.3, 0.4) is 0 Å². The molecule has 0 saturated carbocycles. The number of amides is 2. The zero-order valence-corrected chi connectivity index (χ0v) is 22.2. The number of thiophene rings is 1. The fourth-order valence-electron chi connectivity index (χ4n) is 5.15. The van der Waals surface area contributed by atoms with Crippen molar-refractivity contribution in [3.8, 4) is 0 Å². The average molecular weight is 515 g/mol. The summed E-state index contributed by atoms with van der Waals surface area (Å²) in [5, 5.41) is 10.4. The van der Waals surface area contributed by atoms with Crippen LogP contribution in [0.5, 0.6) is 0 Å². The van der Waals surface area contributed by atoms with Gasteiger partial charge in [-0.15, -0.1) is 23.1 Å². The Morgan fingerprint density at radius 3 is 2.71 bits per heavy atom. The van der Waals surface area contributed by atoms with E-state index < -0.39 is 5.60 Å². The topological polar surface area (TPSA) is 84.4 Å². The molecule has 1 aliphatic carbocycles. The van der Waals surface area contributed by atoms with E-state index in [4.69, 9.17) is 4.74 Å². The minimum absolute atomic E-state index is 0.233. The van der Waals surface area contributed by atoms with Gasteiger partial charge in [-0.25, -0.2) is 9.59 Å². The Balaban J connectivity index is 1.31. The summed E-state index contributed by atoms with van der Waals surface area (Å²) in [5.41, 5.74) is 2.46. The summed E-state index contributed by atoms with van der Waals surface area (Å²) in [4.78, 5) is 28.8. The minimum Gasteiger partial charge on any atom is -0.456 e. The van der Waals surface area contributed by atoms with Gasteiger partial charge in [0.15, 0.2) is 0 Å². The van der Waals surface area contributed by atoms with Gasteiger partial charge in [0.2, 0.25) is 0 Å². The van der Waals surface area contributed by atoms with Gasteiger partial charge in [0.25, 0.3) is 0 Å². The molecule has 3 aliphatic rings. The van der Waals surface area contributed by atoms with E-state index in [1.807, 2.05) is 44.7 Å². The second-order valence-electron chi connectivity index (χ2n) is 10.4. The third-order valence-corrected chi connectivity index (χ3v) is 9.39. The first-order valence-electron chi connectivity index (χ1n) is 12.4. The van der Waals surface area contributed by atoms with Gasteiger partial charge in [0.05, 0.1) is 10.9 Å². The molecule has 3 N–H and O–H groups in total. The summed E-state index contributed by atoms with van der Waals surface area (Å²) in [6, 6.07) is 3.82. The zero-order valence-electron chi connectivity index (χ0n) is 20.6. The molecular weight excluding hydrogens is 480 g/mol. The SMILES string of the molecule is CC(C)(C)OC(=O)c1c(NC(=O)NCC2C3=C(CNCC3)SC2n2cccc2)sc2c1CCCC2. The van der Waals surface area contributed by atoms with Crippen molar-refractivity contribution in [2.75, 3.05) is 25.0 Å². The van der Waals surface area contributed by atoms with Crippen molar-refractivity contribution in [2.24, 2.45) is 5.92 Å². The highest BCUT2D eigenvalue weighted by atomic mass is 32.2. The molecule has 2 aliphatic heterocycles. The van der Waals surface area contributed by atoms with E-state index in [1.165, 1.54) is 26.7 Å². The van der Waals surface area contributed by atoms with E-state index in [0.717, 1.165) is 50.8 Å². The summed E-state index contributed by atoms with van der Waals surface area (Å²) in [6.45, 7) is 8.03. The molecule has 0 radical (unpaired) electrons. The number of nitrogens with zero attached hydrogens (tertiary/aromatic N) is 1. The van der Waals surface area contributed by atoms with Gasteiger partial charge in [0.1, 0.15) is 10.6 Å². The number of thioether (sulfide) groups is 1. The molecule has 0 bridgehead atoms. The molecule has 2 aromatic heterocycles. The van der Waals surface area contributed by atoms with E-state index in [0.29, 0.717) is 17.1 Å². The summed E-state index contributed by atoms with van der Waals surface area (Å²) in [7, 11) is 0. The van der Waals surface area contributed by atoms with E-state index in [1.54, 1.807) is 0 Å². The van der Waals surface area contributed by atoms with Crippen molar-refractivity contribution < 1.29 is 14.3 Å². The van der Waals surface area contributed by atoms with Crippen molar-refractivity contribution >= 4 is 40.1 Å². The first-order chi connectivity index (χ1) is 16.8. The van der Waals surface area contributed by atoms with E-state index in [2.05, 4.69) is 32.9 Å². The number of rotatable bonds is 5. The Morgan fingerprint density at radius 1 is 1.17 bits per heavy atom. The average Bonchev–Trinajstić information content (AvgIpc) is 3.53. The van der Waals surface area contributed by atoms with Crippen LogP contribution in [0.25, 0.3) is 0 Å². The van der Waals surface area contributed by atoms with Gasteiger partial charge in [-0.2, -0.15) is 0 Å². The highest BCUT2D eigenvalue weighted by Gasteiger charge is 2.37. The molecule has 9 heteroatoms. The molecule has 2 aromatic rings. The fourth-order valence-corrected chi connectivity index (χ4v) is 7.99. The van der Waals surface area contributed by atoms with Crippen molar-refractivity contribution in [1.82, 2.24) is 15.2 Å². The van der Waals surface area contributed by atoms with Crippen LogP contribution in [-0.2, 0) is 17.6 Å². The smallest absolute Gasteiger partial charge is 0.341 e.